The third kappa shape index (κ3) is 3.12. The summed E-state index contributed by atoms with van der Waals surface area (Å²) in [6, 6.07) is 0. The molecule has 0 aliphatic rings. The van der Waals surface area contributed by atoms with Crippen molar-refractivity contribution in [1.82, 2.24) is 29.9 Å². The number of aromatic nitrogens is 6. The predicted octanol–water partition coefficient (Wildman–Crippen LogP) is -1.76. The average molecular weight is 308 g/mol. The van der Waals surface area contributed by atoms with E-state index in [9.17, 15) is 18.8 Å². The molecule has 1 amide bonds. The van der Waals surface area contributed by atoms with Gasteiger partial charge in [0, 0.05) is 0 Å². The Morgan fingerprint density at radius 3 is 2.55 bits per heavy atom. The normalized spacial score (nSPS) is 10.0. The van der Waals surface area contributed by atoms with Crippen LogP contribution in [0.15, 0.2) is 22.1 Å². The second-order valence-electron chi connectivity index (χ2n) is 3.82. The molecular weight excluding hydrogens is 299 g/mol. The number of carbonyl (C=O) groups excluding carboxylic acids is 1. The molecule has 3 rings (SSSR count). The zero-order valence-electron chi connectivity index (χ0n) is 10.8. The van der Waals surface area contributed by atoms with Crippen molar-refractivity contribution in [3.63, 3.8) is 0 Å². The van der Waals surface area contributed by atoms with Gasteiger partial charge in [-0.15, -0.1) is 0 Å². The van der Waals surface area contributed by atoms with Crippen molar-refractivity contribution < 1.29 is 9.18 Å². The van der Waals surface area contributed by atoms with Crippen molar-refractivity contribution in [1.29, 1.82) is 0 Å². The molecule has 0 aliphatic carbocycles. The molecule has 0 saturated heterocycles. The fourth-order valence-electron chi connectivity index (χ4n) is 1.41. The number of nitrogens with one attached hydrogen (secondary N) is 3. The van der Waals surface area contributed by atoms with Crippen molar-refractivity contribution >= 4 is 23.0 Å². The third-order valence-corrected chi connectivity index (χ3v) is 2.30. The summed E-state index contributed by atoms with van der Waals surface area (Å²) < 4.78 is 12.2. The van der Waals surface area contributed by atoms with Crippen molar-refractivity contribution in [2.75, 3.05) is 5.73 Å². The third-order valence-electron chi connectivity index (χ3n) is 2.30. The molecule has 11 nitrogen and oxygen atoms in total. The van der Waals surface area contributed by atoms with Crippen LogP contribution in [0.3, 0.4) is 0 Å². The van der Waals surface area contributed by atoms with Gasteiger partial charge < -0.3 is 21.4 Å². The van der Waals surface area contributed by atoms with Gasteiger partial charge in [-0.3, -0.25) is 19.4 Å². The van der Waals surface area contributed by atoms with Gasteiger partial charge in [0.1, 0.15) is 0 Å². The summed E-state index contributed by atoms with van der Waals surface area (Å²) in [4.78, 5) is 49.5. The summed E-state index contributed by atoms with van der Waals surface area (Å²) in [6.07, 6.45) is 2.14. The molecule has 114 valence electrons. The summed E-state index contributed by atoms with van der Waals surface area (Å²) in [6.45, 7) is 0. The first-order valence-corrected chi connectivity index (χ1v) is 5.62. The van der Waals surface area contributed by atoms with E-state index in [-0.39, 0.29) is 11.5 Å². The van der Waals surface area contributed by atoms with Crippen molar-refractivity contribution in [2.45, 2.75) is 0 Å². The van der Waals surface area contributed by atoms with E-state index in [2.05, 4.69) is 24.9 Å². The Bertz CT molecular complexity index is 943. The maximum atomic E-state index is 12.2. The van der Waals surface area contributed by atoms with Crippen LogP contribution >= 0.6 is 0 Å². The number of H-pyrrole nitrogens is 3. The van der Waals surface area contributed by atoms with E-state index in [1.165, 1.54) is 6.33 Å². The maximum Gasteiger partial charge on any atom is 0.279 e. The standard InChI is InChI=1S/C5H4FN3O2.C5H5N5O/c6-2-1-8-5(11)3(9-2)4(7)10;6-5-9-3-2(4(11)10-5)7-1-8-3/h1H,(H2,7,10)(H,8,11);1H,(H4,6,7,8,9,10,11). The summed E-state index contributed by atoms with van der Waals surface area (Å²) >= 11 is 0. The van der Waals surface area contributed by atoms with E-state index in [1.54, 1.807) is 0 Å². The number of rotatable bonds is 1. The number of imidazole rings is 1. The lowest BCUT2D eigenvalue weighted by atomic mass is 10.4. The Morgan fingerprint density at radius 2 is 1.91 bits per heavy atom. The van der Waals surface area contributed by atoms with Crippen molar-refractivity contribution in [3.8, 4) is 0 Å². The molecule has 0 atom stereocenters. The van der Waals surface area contributed by atoms with Gasteiger partial charge in [-0.05, 0) is 0 Å². The van der Waals surface area contributed by atoms with Gasteiger partial charge in [-0.2, -0.15) is 9.37 Å². The molecule has 7 N–H and O–H groups in total. The number of carbonyl (C=O) groups is 1. The monoisotopic (exact) mass is 308 g/mol. The minimum atomic E-state index is -1.05. The first-order valence-electron chi connectivity index (χ1n) is 5.62. The molecule has 3 heterocycles. The zero-order valence-corrected chi connectivity index (χ0v) is 10.8. The molecule has 0 bridgehead atoms. The summed E-state index contributed by atoms with van der Waals surface area (Å²) in [5, 5.41) is 0. The minimum Gasteiger partial charge on any atom is -0.369 e. The molecule has 0 spiro atoms. The number of hydrogen-bond acceptors (Lipinski definition) is 7. The van der Waals surface area contributed by atoms with Crippen LogP contribution in [-0.2, 0) is 0 Å². The minimum absolute atomic E-state index is 0.0783. The summed E-state index contributed by atoms with van der Waals surface area (Å²) in [7, 11) is 0. The van der Waals surface area contributed by atoms with Crippen LogP contribution in [0.4, 0.5) is 10.3 Å². The van der Waals surface area contributed by atoms with Crippen LogP contribution in [0.1, 0.15) is 10.5 Å². The molecule has 0 fully saturated rings. The van der Waals surface area contributed by atoms with Gasteiger partial charge in [0.2, 0.25) is 11.9 Å². The number of nitrogens with zero attached hydrogens (tertiary/aromatic N) is 3. The quantitative estimate of drug-likeness (QED) is 0.351. The van der Waals surface area contributed by atoms with Crippen LogP contribution in [-0.4, -0.2) is 35.8 Å². The highest BCUT2D eigenvalue weighted by molar-refractivity contribution is 5.90. The number of primary amides is 1. The van der Waals surface area contributed by atoms with E-state index in [4.69, 9.17) is 11.5 Å². The van der Waals surface area contributed by atoms with E-state index in [0.29, 0.717) is 11.2 Å². The van der Waals surface area contributed by atoms with E-state index in [0.717, 1.165) is 6.20 Å². The number of aromatic amines is 3. The van der Waals surface area contributed by atoms with Gasteiger partial charge in [0.15, 0.2) is 16.9 Å². The number of fused-ring (bicyclic) bond motifs is 1. The molecule has 12 heteroatoms. The molecule has 0 aliphatic heterocycles. The molecule has 3 aromatic heterocycles. The second kappa shape index (κ2) is 5.82. The lowest BCUT2D eigenvalue weighted by Crippen LogP contribution is -2.25. The predicted molar refractivity (Wildman–Crippen MR) is 72.3 cm³/mol. The highest BCUT2D eigenvalue weighted by Gasteiger charge is 2.08. The second-order valence-corrected chi connectivity index (χ2v) is 3.82. The van der Waals surface area contributed by atoms with Gasteiger partial charge in [-0.1, -0.05) is 0 Å². The van der Waals surface area contributed by atoms with E-state index >= 15 is 0 Å². The topological polar surface area (TPSA) is 189 Å². The first-order chi connectivity index (χ1) is 10.4. The molecular formula is C10H9FN8O3. The summed E-state index contributed by atoms with van der Waals surface area (Å²) in [5.74, 6) is -1.92. The van der Waals surface area contributed by atoms with Crippen LogP contribution in [0, 0.1) is 5.95 Å². The lowest BCUT2D eigenvalue weighted by Gasteiger charge is -1.91. The SMILES string of the molecule is NC(=O)c1nc(F)c[nH]c1=O.Nc1nc2nc[nH]c2c(=O)[nH]1. The number of halogens is 1. The Morgan fingerprint density at radius 1 is 1.18 bits per heavy atom. The number of nitrogens with two attached hydrogens (primary N) is 2. The maximum absolute atomic E-state index is 12.2. The molecule has 0 unspecified atom stereocenters. The van der Waals surface area contributed by atoms with Crippen molar-refractivity contribution in [2.24, 2.45) is 5.73 Å². The Labute approximate surface area is 119 Å². The van der Waals surface area contributed by atoms with Gasteiger partial charge in [-0.25, -0.2) is 9.97 Å². The number of anilines is 1. The van der Waals surface area contributed by atoms with E-state index in [1.807, 2.05) is 4.98 Å². The van der Waals surface area contributed by atoms with Gasteiger partial charge in [0.25, 0.3) is 17.0 Å². The van der Waals surface area contributed by atoms with Crippen LogP contribution in [0.5, 0.6) is 0 Å². The zero-order chi connectivity index (χ0) is 16.3. The smallest absolute Gasteiger partial charge is 0.279 e. The highest BCUT2D eigenvalue weighted by atomic mass is 19.1. The van der Waals surface area contributed by atoms with Crippen molar-refractivity contribution in [3.05, 3.63) is 44.9 Å². The molecule has 22 heavy (non-hydrogen) atoms. The van der Waals surface area contributed by atoms with E-state index < -0.39 is 23.1 Å². The van der Waals surface area contributed by atoms with Crippen LogP contribution in [0.25, 0.3) is 11.2 Å². The molecule has 0 saturated carbocycles. The average Bonchev–Trinajstić information content (AvgIpc) is 2.90. The Hall–Kier alpha value is -3.57. The number of hydrogen-bond donors (Lipinski definition) is 5. The Kier molecular flexibility index (Phi) is 3.92. The number of amides is 1. The van der Waals surface area contributed by atoms with Gasteiger partial charge >= 0.3 is 0 Å². The molecule has 0 radical (unpaired) electrons. The lowest BCUT2D eigenvalue weighted by molar-refractivity contribution is 0.0992. The summed E-state index contributed by atoms with van der Waals surface area (Å²) in [5.41, 5.74) is 8.93. The fourth-order valence-corrected chi connectivity index (χ4v) is 1.41. The molecule has 0 aromatic carbocycles. The molecule has 3 aromatic rings. The first kappa shape index (κ1) is 14.8. The highest BCUT2D eigenvalue weighted by Crippen LogP contribution is 1.98. The Balaban J connectivity index is 0.000000160. The number of nitrogen functional groups attached to an aromatic ring is 1. The fraction of sp³-hybridized carbons (Fsp3) is 0. The van der Waals surface area contributed by atoms with Gasteiger partial charge in [0.05, 0.1) is 12.5 Å². The van der Waals surface area contributed by atoms with Crippen LogP contribution in [0.2, 0.25) is 0 Å². The van der Waals surface area contributed by atoms with Crippen LogP contribution < -0.4 is 22.6 Å². The largest absolute Gasteiger partial charge is 0.369 e.